The van der Waals surface area contributed by atoms with Crippen molar-refractivity contribution in [3.8, 4) is 22.8 Å². The van der Waals surface area contributed by atoms with Crippen molar-refractivity contribution < 1.29 is 9.30 Å². The average molecular weight is 395 g/mol. The van der Waals surface area contributed by atoms with Gasteiger partial charge < -0.3 is 4.74 Å². The Hall–Kier alpha value is -2.87. The van der Waals surface area contributed by atoms with E-state index in [4.69, 9.17) is 4.74 Å². The highest BCUT2D eigenvalue weighted by Gasteiger charge is 2.32. The van der Waals surface area contributed by atoms with E-state index >= 15 is 0 Å². The van der Waals surface area contributed by atoms with Crippen molar-refractivity contribution in [1.29, 1.82) is 0 Å². The second-order valence-corrected chi connectivity index (χ2v) is 9.33. The van der Waals surface area contributed by atoms with Gasteiger partial charge in [-0.25, -0.2) is 0 Å². The minimum atomic E-state index is 0.678. The Morgan fingerprint density at radius 1 is 0.933 bits per heavy atom. The fraction of sp³-hybridized carbons (Fsp3) is 0.321. The van der Waals surface area contributed by atoms with Crippen LogP contribution in [0.15, 0.2) is 42.5 Å². The van der Waals surface area contributed by atoms with Crippen LogP contribution in [0.1, 0.15) is 53.9 Å². The largest absolute Gasteiger partial charge is 0.450 e. The summed E-state index contributed by atoms with van der Waals surface area (Å²) in [5.74, 6) is 2.66. The molecule has 1 aliphatic carbocycles. The molecule has 0 unspecified atom stereocenters. The third kappa shape index (κ3) is 2.40. The summed E-state index contributed by atoms with van der Waals surface area (Å²) in [6.07, 6.45) is 5.31. The van der Waals surface area contributed by atoms with Gasteiger partial charge in [-0.15, -0.1) is 0 Å². The Bertz CT molecular complexity index is 1360. The molecule has 6 rings (SSSR count). The highest BCUT2D eigenvalue weighted by molar-refractivity contribution is 6.05. The maximum absolute atomic E-state index is 6.61. The number of hydrogen-bond acceptors (Lipinski definition) is 1. The highest BCUT2D eigenvalue weighted by Crippen LogP contribution is 2.49. The standard InChI is InChI=1S/C28H28NO/c1-16-12-20-14-17(2)18(3)26-27(20)24(13-16)30-25-15-22-21(19-8-5-6-9-19)10-7-11-23(22)29(4)28(25)26/h7,10-15,19H,5-6,8-9H2,1-4H3/q+1. The number of hydrogen-bond donors (Lipinski definition) is 0. The minimum absolute atomic E-state index is 0.678. The smallest absolute Gasteiger partial charge is 0.256 e. The zero-order valence-corrected chi connectivity index (χ0v) is 18.3. The van der Waals surface area contributed by atoms with Gasteiger partial charge in [-0.3, -0.25) is 0 Å². The van der Waals surface area contributed by atoms with Crippen LogP contribution in [-0.4, -0.2) is 0 Å². The number of aryl methyl sites for hydroxylation is 3. The monoisotopic (exact) mass is 394 g/mol. The van der Waals surface area contributed by atoms with Gasteiger partial charge in [-0.1, -0.05) is 37.1 Å². The summed E-state index contributed by atoms with van der Waals surface area (Å²) in [6, 6.07) is 15.9. The van der Waals surface area contributed by atoms with Gasteiger partial charge in [0.25, 0.3) is 5.69 Å². The van der Waals surface area contributed by atoms with Crippen molar-refractivity contribution in [2.45, 2.75) is 52.4 Å². The molecule has 0 saturated heterocycles. The topological polar surface area (TPSA) is 13.1 Å². The molecule has 1 aliphatic heterocycles. The van der Waals surface area contributed by atoms with Crippen LogP contribution in [0.25, 0.3) is 32.9 Å². The van der Waals surface area contributed by atoms with E-state index in [1.807, 2.05) is 0 Å². The number of nitrogens with zero attached hydrogens (tertiary/aromatic N) is 1. The molecule has 2 aliphatic rings. The van der Waals surface area contributed by atoms with Crippen molar-refractivity contribution >= 4 is 21.7 Å². The van der Waals surface area contributed by atoms with Crippen LogP contribution in [0, 0.1) is 20.8 Å². The first-order valence-corrected chi connectivity index (χ1v) is 11.2. The number of aromatic nitrogens is 1. The molecule has 4 aromatic rings. The summed E-state index contributed by atoms with van der Waals surface area (Å²) in [5, 5.41) is 3.87. The Labute approximate surface area is 178 Å². The summed E-state index contributed by atoms with van der Waals surface area (Å²) < 4.78 is 8.98. The maximum atomic E-state index is 6.61. The Morgan fingerprint density at radius 2 is 1.73 bits per heavy atom. The lowest BCUT2D eigenvalue weighted by atomic mass is 9.88. The van der Waals surface area contributed by atoms with E-state index in [2.05, 4.69) is 74.9 Å². The third-order valence-corrected chi connectivity index (χ3v) is 7.44. The second kappa shape index (κ2) is 6.31. The van der Waals surface area contributed by atoms with Crippen molar-refractivity contribution in [1.82, 2.24) is 0 Å². The molecule has 1 fully saturated rings. The minimum Gasteiger partial charge on any atom is -0.450 e. The fourth-order valence-corrected chi connectivity index (χ4v) is 5.85. The second-order valence-electron chi connectivity index (χ2n) is 9.33. The molecule has 1 saturated carbocycles. The molecule has 0 radical (unpaired) electrons. The predicted molar refractivity (Wildman–Crippen MR) is 124 cm³/mol. The molecule has 0 N–H and O–H groups in total. The lowest BCUT2D eigenvalue weighted by molar-refractivity contribution is -0.633. The number of rotatable bonds is 1. The molecule has 3 aromatic carbocycles. The first-order chi connectivity index (χ1) is 14.5. The molecule has 2 heterocycles. The van der Waals surface area contributed by atoms with Crippen LogP contribution >= 0.6 is 0 Å². The van der Waals surface area contributed by atoms with E-state index in [9.17, 15) is 0 Å². The normalized spacial score (nSPS) is 15.6. The Morgan fingerprint density at radius 3 is 2.53 bits per heavy atom. The summed E-state index contributed by atoms with van der Waals surface area (Å²) >= 11 is 0. The molecule has 0 spiro atoms. The Balaban J connectivity index is 1.73. The van der Waals surface area contributed by atoms with Gasteiger partial charge in [-0.05, 0) is 73.2 Å². The van der Waals surface area contributed by atoms with Gasteiger partial charge in [0.1, 0.15) is 12.8 Å². The van der Waals surface area contributed by atoms with Crippen molar-refractivity contribution in [3.05, 3.63) is 64.7 Å². The number of benzene rings is 3. The quantitative estimate of drug-likeness (QED) is 0.275. The van der Waals surface area contributed by atoms with Crippen LogP contribution < -0.4 is 9.30 Å². The summed E-state index contributed by atoms with van der Waals surface area (Å²) in [4.78, 5) is 0. The predicted octanol–water partition coefficient (Wildman–Crippen LogP) is 7.17. The highest BCUT2D eigenvalue weighted by atomic mass is 16.5. The molecular weight excluding hydrogens is 366 g/mol. The lowest BCUT2D eigenvalue weighted by Crippen LogP contribution is -2.34. The van der Waals surface area contributed by atoms with Gasteiger partial charge in [0.05, 0.1) is 10.9 Å². The molecular formula is C28H28NO+. The number of fused-ring (bicyclic) bond motifs is 3. The van der Waals surface area contributed by atoms with Crippen LogP contribution in [0.2, 0.25) is 0 Å². The van der Waals surface area contributed by atoms with Crippen molar-refractivity contribution in [2.24, 2.45) is 7.05 Å². The molecule has 1 aromatic heterocycles. The van der Waals surface area contributed by atoms with E-state index in [1.54, 1.807) is 0 Å². The van der Waals surface area contributed by atoms with Crippen LogP contribution in [0.5, 0.6) is 11.5 Å². The number of ether oxygens (including phenoxy) is 1. The molecule has 2 heteroatoms. The van der Waals surface area contributed by atoms with Crippen LogP contribution in [-0.2, 0) is 7.05 Å². The van der Waals surface area contributed by atoms with Crippen LogP contribution in [0.4, 0.5) is 0 Å². The van der Waals surface area contributed by atoms with Crippen molar-refractivity contribution in [2.75, 3.05) is 0 Å². The Kier molecular flexibility index (Phi) is 3.78. The summed E-state index contributed by atoms with van der Waals surface area (Å²) in [5.41, 5.74) is 9.25. The zero-order valence-electron chi connectivity index (χ0n) is 18.3. The first-order valence-electron chi connectivity index (χ1n) is 11.2. The van der Waals surface area contributed by atoms with Crippen LogP contribution in [0.3, 0.4) is 0 Å². The SMILES string of the molecule is Cc1cc2c3c(c(C)c(C)cc3c1)-c1c(cc3c(C4CCCC4)cccc3[n+]1C)O2. The molecule has 30 heavy (non-hydrogen) atoms. The molecule has 0 bridgehead atoms. The summed E-state index contributed by atoms with van der Waals surface area (Å²) in [6.45, 7) is 6.63. The third-order valence-electron chi connectivity index (χ3n) is 7.44. The van der Waals surface area contributed by atoms with Gasteiger partial charge >= 0.3 is 0 Å². The van der Waals surface area contributed by atoms with E-state index in [0.29, 0.717) is 5.92 Å². The van der Waals surface area contributed by atoms with Gasteiger partial charge in [0.15, 0.2) is 5.75 Å². The van der Waals surface area contributed by atoms with E-state index in [-0.39, 0.29) is 0 Å². The molecule has 0 atom stereocenters. The lowest BCUT2D eigenvalue weighted by Gasteiger charge is -2.23. The summed E-state index contributed by atoms with van der Waals surface area (Å²) in [7, 11) is 2.20. The maximum Gasteiger partial charge on any atom is 0.256 e. The molecule has 150 valence electrons. The zero-order chi connectivity index (χ0) is 20.6. The fourth-order valence-electron chi connectivity index (χ4n) is 5.85. The van der Waals surface area contributed by atoms with E-state index in [1.165, 1.54) is 80.9 Å². The van der Waals surface area contributed by atoms with E-state index in [0.717, 1.165) is 11.5 Å². The first kappa shape index (κ1) is 17.9. The van der Waals surface area contributed by atoms with Gasteiger partial charge in [0.2, 0.25) is 5.52 Å². The molecule has 0 amide bonds. The average Bonchev–Trinajstić information content (AvgIpc) is 3.25. The van der Waals surface area contributed by atoms with Gasteiger partial charge in [0, 0.05) is 17.5 Å². The molecule has 2 nitrogen and oxygen atoms in total. The number of pyridine rings is 1. The van der Waals surface area contributed by atoms with E-state index < -0.39 is 0 Å². The van der Waals surface area contributed by atoms with Gasteiger partial charge in [-0.2, -0.15) is 4.57 Å². The van der Waals surface area contributed by atoms with Crippen molar-refractivity contribution in [3.63, 3.8) is 0 Å².